The Balaban J connectivity index is 1.52. The molecule has 0 atom stereocenters. The monoisotopic (exact) mass is 365 g/mol. The topological polar surface area (TPSA) is 79.0 Å². The van der Waals surface area contributed by atoms with Crippen LogP contribution in [0.3, 0.4) is 0 Å². The molecule has 7 nitrogen and oxygen atoms in total. The second-order valence-electron chi connectivity index (χ2n) is 7.72. The normalized spacial score (nSPS) is 23.1. The summed E-state index contributed by atoms with van der Waals surface area (Å²) in [7, 11) is 0. The molecular weight excluding hydrogens is 334 g/mol. The highest BCUT2D eigenvalue weighted by atomic mass is 16.6. The number of nitrogens with zero attached hydrogens (tertiary/aromatic N) is 2. The van der Waals surface area contributed by atoms with Gasteiger partial charge < -0.3 is 19.9 Å². The molecule has 0 bridgehead atoms. The molecule has 0 radical (unpaired) electrons. The first-order chi connectivity index (χ1) is 12.6. The van der Waals surface area contributed by atoms with Crippen molar-refractivity contribution in [3.63, 3.8) is 0 Å². The zero-order chi connectivity index (χ0) is 18.6. The number of nitrogens with one attached hydrogen (secondary N) is 1. The van der Waals surface area contributed by atoms with Crippen LogP contribution in [0, 0.1) is 5.41 Å². The fourth-order valence-electron chi connectivity index (χ4n) is 4.02. The summed E-state index contributed by atoms with van der Waals surface area (Å²) in [5.74, 6) is -0.144. The largest absolute Gasteiger partial charge is 0.450 e. The van der Waals surface area contributed by atoms with Crippen LogP contribution in [-0.2, 0) is 14.3 Å². The minimum Gasteiger partial charge on any atom is -0.450 e. The van der Waals surface area contributed by atoms with Gasteiger partial charge in [0.05, 0.1) is 6.61 Å². The van der Waals surface area contributed by atoms with E-state index >= 15 is 0 Å². The molecule has 26 heavy (non-hydrogen) atoms. The summed E-state index contributed by atoms with van der Waals surface area (Å²) < 4.78 is 5.01. The Hall–Kier alpha value is -1.79. The summed E-state index contributed by atoms with van der Waals surface area (Å²) in [4.78, 5) is 40.9. The van der Waals surface area contributed by atoms with Crippen molar-refractivity contribution in [3.05, 3.63) is 0 Å². The molecule has 2 saturated carbocycles. The molecule has 0 spiro atoms. The minimum absolute atomic E-state index is 0.0628. The molecule has 3 amide bonds. The van der Waals surface area contributed by atoms with Gasteiger partial charge in [-0.05, 0) is 32.6 Å². The fraction of sp³-hybridized carbons (Fsp3) is 0.842. The molecular formula is C19H31N3O4. The van der Waals surface area contributed by atoms with E-state index in [-0.39, 0.29) is 23.9 Å². The molecule has 3 rings (SSSR count). The molecule has 1 saturated heterocycles. The number of amides is 3. The Morgan fingerprint density at radius 2 is 1.54 bits per heavy atom. The van der Waals surface area contributed by atoms with Gasteiger partial charge in [-0.3, -0.25) is 9.59 Å². The lowest BCUT2D eigenvalue weighted by Gasteiger charge is -2.36. The van der Waals surface area contributed by atoms with Crippen LogP contribution in [0.1, 0.15) is 58.3 Å². The maximum absolute atomic E-state index is 13.0. The van der Waals surface area contributed by atoms with E-state index in [0.717, 1.165) is 25.7 Å². The highest BCUT2D eigenvalue weighted by Crippen LogP contribution is 2.48. The van der Waals surface area contributed by atoms with E-state index in [1.165, 1.54) is 12.8 Å². The van der Waals surface area contributed by atoms with Gasteiger partial charge in [0.15, 0.2) is 0 Å². The summed E-state index contributed by atoms with van der Waals surface area (Å²) in [6.45, 7) is 3.99. The standard InChI is InChI=1S/C19H31N3O4/c1-2-26-18(25)22-13-11-21(12-14-22)17(24)19(9-10-19)16(23)20-15-7-5-3-4-6-8-15/h15H,2-14H2,1H3,(H,20,23). The van der Waals surface area contributed by atoms with Crippen molar-refractivity contribution < 1.29 is 19.1 Å². The van der Waals surface area contributed by atoms with E-state index in [1.807, 2.05) is 0 Å². The third kappa shape index (κ3) is 4.13. The summed E-state index contributed by atoms with van der Waals surface area (Å²) in [6, 6.07) is 0.218. The van der Waals surface area contributed by atoms with Gasteiger partial charge in [-0.1, -0.05) is 25.7 Å². The number of ether oxygens (including phenoxy) is 1. The van der Waals surface area contributed by atoms with Crippen LogP contribution < -0.4 is 5.32 Å². The van der Waals surface area contributed by atoms with E-state index in [4.69, 9.17) is 4.74 Å². The van der Waals surface area contributed by atoms with E-state index in [0.29, 0.717) is 45.6 Å². The molecule has 0 aromatic rings. The van der Waals surface area contributed by atoms with Crippen molar-refractivity contribution >= 4 is 17.9 Å². The molecule has 2 aliphatic carbocycles. The molecule has 0 unspecified atom stereocenters. The van der Waals surface area contributed by atoms with E-state index in [2.05, 4.69) is 5.32 Å². The van der Waals surface area contributed by atoms with Crippen LogP contribution in [0.15, 0.2) is 0 Å². The second kappa shape index (κ2) is 8.27. The zero-order valence-electron chi connectivity index (χ0n) is 15.8. The van der Waals surface area contributed by atoms with Crippen LogP contribution >= 0.6 is 0 Å². The SMILES string of the molecule is CCOC(=O)N1CCN(C(=O)C2(C(=O)NC3CCCCCC3)CC2)CC1. The fourth-order valence-corrected chi connectivity index (χ4v) is 4.02. The third-order valence-corrected chi connectivity index (χ3v) is 5.88. The maximum Gasteiger partial charge on any atom is 0.409 e. The van der Waals surface area contributed by atoms with Crippen LogP contribution in [0.25, 0.3) is 0 Å². The minimum atomic E-state index is -0.849. The third-order valence-electron chi connectivity index (χ3n) is 5.88. The molecule has 0 aromatic carbocycles. The lowest BCUT2D eigenvalue weighted by atomic mass is 10.0. The molecule has 1 heterocycles. The van der Waals surface area contributed by atoms with Crippen LogP contribution in [-0.4, -0.2) is 66.5 Å². The molecule has 1 aliphatic heterocycles. The van der Waals surface area contributed by atoms with Crippen LogP contribution in [0.4, 0.5) is 4.79 Å². The Morgan fingerprint density at radius 1 is 0.962 bits per heavy atom. The van der Waals surface area contributed by atoms with E-state index in [9.17, 15) is 14.4 Å². The highest BCUT2D eigenvalue weighted by Gasteiger charge is 2.58. The quantitative estimate of drug-likeness (QED) is 0.610. The molecule has 3 aliphatic rings. The van der Waals surface area contributed by atoms with Gasteiger partial charge in [-0.25, -0.2) is 4.79 Å². The summed E-state index contributed by atoms with van der Waals surface area (Å²) in [5, 5.41) is 3.15. The Labute approximate surface area is 155 Å². The van der Waals surface area contributed by atoms with Gasteiger partial charge in [0.2, 0.25) is 11.8 Å². The second-order valence-corrected chi connectivity index (χ2v) is 7.72. The molecule has 1 N–H and O–H groups in total. The van der Waals surface area contributed by atoms with Crippen molar-refractivity contribution in [2.45, 2.75) is 64.3 Å². The average molecular weight is 365 g/mol. The summed E-state index contributed by atoms with van der Waals surface area (Å²) in [6.07, 6.45) is 7.78. The van der Waals surface area contributed by atoms with Gasteiger partial charge in [-0.15, -0.1) is 0 Å². The van der Waals surface area contributed by atoms with Gasteiger partial charge in [0.1, 0.15) is 5.41 Å². The molecule has 0 aromatic heterocycles. The first-order valence-corrected chi connectivity index (χ1v) is 10.1. The Kier molecular flexibility index (Phi) is 6.04. The van der Waals surface area contributed by atoms with Gasteiger partial charge >= 0.3 is 6.09 Å². The molecule has 3 fully saturated rings. The summed E-state index contributed by atoms with van der Waals surface area (Å²) >= 11 is 0. The number of carbonyl (C=O) groups excluding carboxylic acids is 3. The number of carbonyl (C=O) groups is 3. The lowest BCUT2D eigenvalue weighted by Crippen LogP contribution is -2.55. The van der Waals surface area contributed by atoms with E-state index in [1.54, 1.807) is 16.7 Å². The number of hydrogen-bond donors (Lipinski definition) is 1. The Morgan fingerprint density at radius 3 is 2.08 bits per heavy atom. The molecule has 7 heteroatoms. The van der Waals surface area contributed by atoms with Crippen molar-refractivity contribution in [2.24, 2.45) is 5.41 Å². The van der Waals surface area contributed by atoms with Crippen molar-refractivity contribution in [1.29, 1.82) is 0 Å². The van der Waals surface area contributed by atoms with Crippen LogP contribution in [0.5, 0.6) is 0 Å². The van der Waals surface area contributed by atoms with E-state index < -0.39 is 5.41 Å². The number of piperazine rings is 1. The van der Waals surface area contributed by atoms with Crippen LogP contribution in [0.2, 0.25) is 0 Å². The predicted molar refractivity (Wildman–Crippen MR) is 96.5 cm³/mol. The van der Waals surface area contributed by atoms with Gasteiger partial charge in [0.25, 0.3) is 0 Å². The van der Waals surface area contributed by atoms with Gasteiger partial charge in [0, 0.05) is 32.2 Å². The number of rotatable bonds is 4. The smallest absolute Gasteiger partial charge is 0.409 e. The molecule has 146 valence electrons. The van der Waals surface area contributed by atoms with Gasteiger partial charge in [-0.2, -0.15) is 0 Å². The van der Waals surface area contributed by atoms with Crippen molar-refractivity contribution in [3.8, 4) is 0 Å². The van der Waals surface area contributed by atoms with Crippen molar-refractivity contribution in [1.82, 2.24) is 15.1 Å². The lowest BCUT2D eigenvalue weighted by molar-refractivity contribution is -0.145. The maximum atomic E-state index is 13.0. The first kappa shape index (κ1) is 19.0. The average Bonchev–Trinajstić information content (AvgIpc) is 3.47. The predicted octanol–water partition coefficient (Wildman–Crippen LogP) is 1.91. The number of hydrogen-bond acceptors (Lipinski definition) is 4. The first-order valence-electron chi connectivity index (χ1n) is 10.1. The Bertz CT molecular complexity index is 531. The summed E-state index contributed by atoms with van der Waals surface area (Å²) in [5.41, 5.74) is -0.849. The zero-order valence-corrected chi connectivity index (χ0v) is 15.8. The highest BCUT2D eigenvalue weighted by molar-refractivity contribution is 6.08. The van der Waals surface area contributed by atoms with Crippen molar-refractivity contribution in [2.75, 3.05) is 32.8 Å².